The van der Waals surface area contributed by atoms with Gasteiger partial charge in [0.05, 0.1) is 10.7 Å². The van der Waals surface area contributed by atoms with Crippen LogP contribution in [-0.2, 0) is 4.79 Å². The molecule has 3 heterocycles. The molecule has 1 atom stereocenters. The fraction of sp³-hybridized carbons (Fsp3) is 0.381. The van der Waals surface area contributed by atoms with Crippen LogP contribution in [0.4, 0.5) is 11.4 Å². The number of anilines is 2. The molecular weight excluding hydrogens is 445 g/mol. The molecule has 160 valence electrons. The third-order valence-corrected chi connectivity index (χ3v) is 6.13. The summed E-state index contributed by atoms with van der Waals surface area (Å²) in [6, 6.07) is 7.89. The number of carbonyl (C=O) groups is 2. The number of amides is 2. The molecule has 2 aliphatic rings. The topological polar surface area (TPSA) is 65.8 Å². The minimum Gasteiger partial charge on any atom is -0.440 e. The zero-order valence-electron chi connectivity index (χ0n) is 17.0. The van der Waals surface area contributed by atoms with Crippen molar-refractivity contribution in [1.82, 2.24) is 4.90 Å². The molecule has 2 aromatic rings. The van der Waals surface area contributed by atoms with Gasteiger partial charge in [-0.25, -0.2) is 0 Å². The lowest BCUT2D eigenvalue weighted by molar-refractivity contribution is -0.125. The molecule has 0 bridgehead atoms. The van der Waals surface area contributed by atoms with Crippen LogP contribution in [0.25, 0.3) is 0 Å². The number of hydrogen-bond donors (Lipinski definition) is 1. The lowest BCUT2D eigenvalue weighted by Crippen LogP contribution is -2.49. The molecule has 30 heavy (non-hydrogen) atoms. The average molecular weight is 468 g/mol. The van der Waals surface area contributed by atoms with Crippen molar-refractivity contribution in [2.24, 2.45) is 0 Å². The van der Waals surface area contributed by atoms with Gasteiger partial charge in [0, 0.05) is 12.2 Å². The molecule has 1 aromatic heterocycles. The van der Waals surface area contributed by atoms with Gasteiger partial charge < -0.3 is 14.6 Å². The number of thiocarbonyl (C=S) groups is 1. The molecule has 1 unspecified atom stereocenters. The van der Waals surface area contributed by atoms with Gasteiger partial charge in [0.25, 0.3) is 11.8 Å². The first-order valence-electron chi connectivity index (χ1n) is 9.84. The Hall–Kier alpha value is -2.09. The summed E-state index contributed by atoms with van der Waals surface area (Å²) in [5, 5.41) is 3.60. The van der Waals surface area contributed by atoms with Crippen molar-refractivity contribution >= 4 is 63.7 Å². The maximum atomic E-state index is 13.1. The molecule has 2 fully saturated rings. The number of benzene rings is 1. The molecule has 2 aliphatic heterocycles. The Labute approximate surface area is 191 Å². The summed E-state index contributed by atoms with van der Waals surface area (Å²) in [5.41, 5.74) is 0.350. The van der Waals surface area contributed by atoms with E-state index in [9.17, 15) is 9.59 Å². The van der Waals surface area contributed by atoms with Crippen LogP contribution in [0.1, 0.15) is 50.6 Å². The van der Waals surface area contributed by atoms with E-state index in [0.717, 1.165) is 25.8 Å². The summed E-state index contributed by atoms with van der Waals surface area (Å²) in [4.78, 5) is 28.8. The summed E-state index contributed by atoms with van der Waals surface area (Å²) >= 11 is 17.7. The van der Waals surface area contributed by atoms with E-state index in [1.165, 1.54) is 17.0 Å². The van der Waals surface area contributed by atoms with E-state index in [1.807, 2.05) is 25.7 Å². The highest BCUT2D eigenvalue weighted by atomic mass is 35.5. The van der Waals surface area contributed by atoms with Gasteiger partial charge in [-0.2, -0.15) is 0 Å². The second-order valence-corrected chi connectivity index (χ2v) is 8.17. The smallest absolute Gasteiger partial charge is 0.291 e. The Morgan fingerprint density at radius 1 is 1.20 bits per heavy atom. The maximum Gasteiger partial charge on any atom is 0.291 e. The number of nitrogens with one attached hydrogen (secondary N) is 1. The van der Waals surface area contributed by atoms with E-state index < -0.39 is 11.4 Å². The van der Waals surface area contributed by atoms with E-state index in [1.54, 1.807) is 18.2 Å². The minimum atomic E-state index is -0.621. The fourth-order valence-corrected chi connectivity index (χ4v) is 4.59. The van der Waals surface area contributed by atoms with Crippen molar-refractivity contribution in [3.63, 3.8) is 0 Å². The van der Waals surface area contributed by atoms with Crippen molar-refractivity contribution in [3.05, 3.63) is 46.3 Å². The van der Waals surface area contributed by atoms with Crippen LogP contribution in [0.3, 0.4) is 0 Å². The Morgan fingerprint density at radius 3 is 2.53 bits per heavy atom. The first-order chi connectivity index (χ1) is 14.3. The number of fused-ring (bicyclic) bond motifs is 1. The Bertz CT molecular complexity index is 994. The Kier molecular flexibility index (Phi) is 6.75. The number of rotatable bonds is 3. The fourth-order valence-electron chi connectivity index (χ4n) is 3.71. The highest BCUT2D eigenvalue weighted by Crippen LogP contribution is 2.41. The van der Waals surface area contributed by atoms with E-state index in [4.69, 9.17) is 39.8 Å². The number of carbonyl (C=O) groups excluding carboxylic acids is 2. The number of furan rings is 1. The molecule has 1 N–H and O–H groups in total. The minimum absolute atomic E-state index is 0.0684. The second kappa shape index (κ2) is 8.96. The first kappa shape index (κ1) is 22.6. The molecule has 4 rings (SSSR count). The molecule has 9 heteroatoms. The summed E-state index contributed by atoms with van der Waals surface area (Å²) in [7, 11) is 0. The largest absolute Gasteiger partial charge is 0.440 e. The first-order valence-corrected chi connectivity index (χ1v) is 11.0. The van der Waals surface area contributed by atoms with Crippen LogP contribution >= 0.6 is 35.4 Å². The number of halogens is 2. The predicted molar refractivity (Wildman–Crippen MR) is 124 cm³/mol. The lowest BCUT2D eigenvalue weighted by Gasteiger charge is -2.36. The number of hydrogen-bond acceptors (Lipinski definition) is 4. The van der Waals surface area contributed by atoms with Crippen LogP contribution in [0, 0.1) is 0 Å². The molecular formula is C21H23Cl2N3O3S. The summed E-state index contributed by atoms with van der Waals surface area (Å²) < 4.78 is 5.09. The maximum absolute atomic E-state index is 13.1. The molecule has 0 saturated carbocycles. The zero-order chi connectivity index (χ0) is 22.1. The quantitative estimate of drug-likeness (QED) is 0.582. The van der Waals surface area contributed by atoms with Gasteiger partial charge in [0.1, 0.15) is 5.54 Å². The van der Waals surface area contributed by atoms with Gasteiger partial charge in [-0.05, 0) is 80.3 Å². The van der Waals surface area contributed by atoms with Crippen molar-refractivity contribution in [2.75, 3.05) is 16.8 Å². The van der Waals surface area contributed by atoms with Gasteiger partial charge in [-0.15, -0.1) is 0 Å². The number of piperidine rings is 1. The van der Waals surface area contributed by atoms with E-state index in [-0.39, 0.29) is 16.9 Å². The second-order valence-electron chi connectivity index (χ2n) is 7.03. The van der Waals surface area contributed by atoms with Crippen LogP contribution in [0.15, 0.2) is 34.7 Å². The summed E-state index contributed by atoms with van der Waals surface area (Å²) in [6.45, 7) is 6.69. The van der Waals surface area contributed by atoms with Gasteiger partial charge in [-0.1, -0.05) is 25.4 Å². The molecule has 0 aliphatic carbocycles. The standard InChI is InChI=1S/C19H17Cl2N3O3S.C2H6/c1-19-8-2-3-9-23(19)18(28)24(17(19)26)13-5-4-11(10-12(13)20)22-16(25)14-6-7-15(21)27-14;1-2/h4-7,10H,2-3,8-9H2,1H3,(H,22,25);1-2H3. The van der Waals surface area contributed by atoms with Crippen LogP contribution in [0.2, 0.25) is 10.2 Å². The normalized spacial score (nSPS) is 20.6. The van der Waals surface area contributed by atoms with E-state index in [0.29, 0.717) is 21.5 Å². The highest BCUT2D eigenvalue weighted by molar-refractivity contribution is 7.80. The highest BCUT2D eigenvalue weighted by Gasteiger charge is 2.53. The lowest BCUT2D eigenvalue weighted by atomic mass is 9.89. The van der Waals surface area contributed by atoms with Gasteiger partial charge in [0.2, 0.25) is 0 Å². The zero-order valence-corrected chi connectivity index (χ0v) is 19.3. The molecule has 2 saturated heterocycles. The van der Waals surface area contributed by atoms with Crippen molar-refractivity contribution < 1.29 is 14.0 Å². The van der Waals surface area contributed by atoms with Crippen molar-refractivity contribution in [1.29, 1.82) is 0 Å². The molecule has 6 nitrogen and oxygen atoms in total. The van der Waals surface area contributed by atoms with Crippen LogP contribution in [0.5, 0.6) is 0 Å². The van der Waals surface area contributed by atoms with Gasteiger partial charge >= 0.3 is 0 Å². The van der Waals surface area contributed by atoms with Crippen LogP contribution in [-0.4, -0.2) is 33.9 Å². The SMILES string of the molecule is CC.CC12CCCCN1C(=S)N(c1ccc(NC(=O)c3ccc(Cl)o3)cc1Cl)C2=O. The van der Waals surface area contributed by atoms with Crippen molar-refractivity contribution in [2.45, 2.75) is 45.6 Å². The van der Waals surface area contributed by atoms with Gasteiger partial charge in [-0.3, -0.25) is 14.5 Å². The van der Waals surface area contributed by atoms with Crippen LogP contribution < -0.4 is 10.2 Å². The monoisotopic (exact) mass is 467 g/mol. The van der Waals surface area contributed by atoms with E-state index >= 15 is 0 Å². The molecule has 0 radical (unpaired) electrons. The third kappa shape index (κ3) is 3.94. The number of nitrogens with zero attached hydrogens (tertiary/aromatic N) is 2. The Balaban J connectivity index is 0.00000124. The van der Waals surface area contributed by atoms with E-state index in [2.05, 4.69) is 5.32 Å². The average Bonchev–Trinajstić information content (AvgIpc) is 3.25. The third-order valence-electron chi connectivity index (χ3n) is 5.22. The molecule has 2 amide bonds. The van der Waals surface area contributed by atoms with Gasteiger partial charge in [0.15, 0.2) is 16.1 Å². The molecule has 0 spiro atoms. The Morgan fingerprint density at radius 2 is 1.93 bits per heavy atom. The summed E-state index contributed by atoms with van der Waals surface area (Å²) in [5.74, 6) is -0.430. The summed E-state index contributed by atoms with van der Waals surface area (Å²) in [6.07, 6.45) is 2.76. The molecule has 1 aromatic carbocycles. The predicted octanol–water partition coefficient (Wildman–Crippen LogP) is 5.74. The van der Waals surface area contributed by atoms with Crippen molar-refractivity contribution in [3.8, 4) is 0 Å².